The minimum Gasteiger partial charge on any atom is -0.326 e. The molecule has 1 heterocycles. The number of hydrogen-bond acceptors (Lipinski definition) is 3. The van der Waals surface area contributed by atoms with E-state index in [2.05, 4.69) is 22.9 Å². The Labute approximate surface area is 119 Å². The van der Waals surface area contributed by atoms with Crippen molar-refractivity contribution in [3.8, 4) is 0 Å². The van der Waals surface area contributed by atoms with Crippen molar-refractivity contribution in [2.45, 2.75) is 33.2 Å². The lowest BCUT2D eigenvalue weighted by Crippen LogP contribution is -2.39. The molecule has 1 aliphatic heterocycles. The normalized spacial score (nSPS) is 21.6. The van der Waals surface area contributed by atoms with Gasteiger partial charge in [-0.05, 0) is 43.5 Å². The van der Waals surface area contributed by atoms with Crippen LogP contribution in [-0.2, 0) is 9.59 Å². The second kappa shape index (κ2) is 6.05. The summed E-state index contributed by atoms with van der Waals surface area (Å²) in [5, 5.41) is 8.87. The Morgan fingerprint density at radius 2 is 2.05 bits per heavy atom. The first-order valence-corrected chi connectivity index (χ1v) is 6.90. The number of anilines is 2. The smallest absolute Gasteiger partial charge is 0.241 e. The molecule has 0 spiro atoms. The summed E-state index contributed by atoms with van der Waals surface area (Å²) in [5.74, 6) is 0.198. The lowest BCUT2D eigenvalue weighted by atomic mass is 10.0. The van der Waals surface area contributed by atoms with Gasteiger partial charge in [0.15, 0.2) is 0 Å². The monoisotopic (exact) mass is 275 g/mol. The van der Waals surface area contributed by atoms with Crippen LogP contribution in [0.2, 0.25) is 0 Å². The third-order valence-electron chi connectivity index (χ3n) is 3.63. The Morgan fingerprint density at radius 1 is 1.30 bits per heavy atom. The van der Waals surface area contributed by atoms with E-state index in [0.29, 0.717) is 11.6 Å². The zero-order chi connectivity index (χ0) is 14.7. The molecule has 0 saturated carbocycles. The highest BCUT2D eigenvalue weighted by Gasteiger charge is 2.29. The van der Waals surface area contributed by atoms with E-state index in [0.717, 1.165) is 24.2 Å². The van der Waals surface area contributed by atoms with E-state index >= 15 is 0 Å². The summed E-state index contributed by atoms with van der Waals surface area (Å²) in [6, 6.07) is 5.35. The van der Waals surface area contributed by atoms with Gasteiger partial charge in [0.2, 0.25) is 11.8 Å². The van der Waals surface area contributed by atoms with E-state index in [-0.39, 0.29) is 17.9 Å². The Balaban J connectivity index is 2.11. The molecule has 2 unspecified atom stereocenters. The van der Waals surface area contributed by atoms with Crippen LogP contribution in [0.25, 0.3) is 0 Å². The number of rotatable bonds is 3. The van der Waals surface area contributed by atoms with Gasteiger partial charge in [0, 0.05) is 18.3 Å². The second-order valence-corrected chi connectivity index (χ2v) is 5.40. The third-order valence-corrected chi connectivity index (χ3v) is 3.63. The molecule has 2 amide bonds. The molecule has 0 aliphatic carbocycles. The molecule has 1 aromatic carbocycles. The molecule has 5 heteroatoms. The molecular weight excluding hydrogens is 254 g/mol. The maximum absolute atomic E-state index is 12.2. The maximum atomic E-state index is 12.2. The van der Waals surface area contributed by atoms with Crippen LogP contribution >= 0.6 is 0 Å². The molecule has 20 heavy (non-hydrogen) atoms. The molecule has 5 nitrogen and oxygen atoms in total. The van der Waals surface area contributed by atoms with Gasteiger partial charge in [-0.2, -0.15) is 0 Å². The number of aryl methyl sites for hydroxylation is 1. The maximum Gasteiger partial charge on any atom is 0.241 e. The van der Waals surface area contributed by atoms with Crippen LogP contribution in [0.15, 0.2) is 18.2 Å². The highest BCUT2D eigenvalue weighted by atomic mass is 16.2. The Bertz CT molecular complexity index is 528. The molecule has 1 saturated heterocycles. The number of nitrogens with one attached hydrogen (secondary N) is 3. The second-order valence-electron chi connectivity index (χ2n) is 5.40. The van der Waals surface area contributed by atoms with Crippen LogP contribution in [0.4, 0.5) is 11.4 Å². The van der Waals surface area contributed by atoms with E-state index in [1.54, 1.807) is 6.07 Å². The zero-order valence-corrected chi connectivity index (χ0v) is 12.1. The van der Waals surface area contributed by atoms with Gasteiger partial charge in [0.1, 0.15) is 0 Å². The van der Waals surface area contributed by atoms with Crippen LogP contribution in [0.3, 0.4) is 0 Å². The van der Waals surface area contributed by atoms with Gasteiger partial charge in [-0.3, -0.25) is 9.59 Å². The summed E-state index contributed by atoms with van der Waals surface area (Å²) >= 11 is 0. The first kappa shape index (κ1) is 14.5. The van der Waals surface area contributed by atoms with Gasteiger partial charge in [-0.1, -0.05) is 13.0 Å². The Morgan fingerprint density at radius 3 is 2.65 bits per heavy atom. The summed E-state index contributed by atoms with van der Waals surface area (Å²) in [5.41, 5.74) is 2.39. The Kier molecular flexibility index (Phi) is 4.39. The molecule has 2 atom stereocenters. The molecule has 1 aliphatic rings. The average molecular weight is 275 g/mol. The number of amides is 2. The summed E-state index contributed by atoms with van der Waals surface area (Å²) in [4.78, 5) is 23.3. The molecule has 108 valence electrons. The number of hydrogen-bond donors (Lipinski definition) is 3. The lowest BCUT2D eigenvalue weighted by molar-refractivity contribution is -0.118. The topological polar surface area (TPSA) is 70.2 Å². The van der Waals surface area contributed by atoms with E-state index in [9.17, 15) is 9.59 Å². The van der Waals surface area contributed by atoms with Gasteiger partial charge in [-0.15, -0.1) is 0 Å². The van der Waals surface area contributed by atoms with Crippen LogP contribution in [-0.4, -0.2) is 24.4 Å². The summed E-state index contributed by atoms with van der Waals surface area (Å²) in [7, 11) is 0. The summed E-state index contributed by atoms with van der Waals surface area (Å²) in [6.07, 6.45) is 1.02. The highest BCUT2D eigenvalue weighted by molar-refractivity contribution is 5.97. The van der Waals surface area contributed by atoms with Crippen LogP contribution in [0, 0.1) is 12.8 Å². The minimum atomic E-state index is -0.140. The number of carbonyl (C=O) groups excluding carboxylic acids is 2. The van der Waals surface area contributed by atoms with Gasteiger partial charge < -0.3 is 16.0 Å². The standard InChI is InChI=1S/C15H21N3O2/c1-9-4-5-12(17-11(3)19)8-13(9)18-15(20)14-10(2)6-7-16-14/h4-5,8,10,14,16H,6-7H2,1-3H3,(H,17,19)(H,18,20). The van der Waals surface area contributed by atoms with Crippen LogP contribution < -0.4 is 16.0 Å². The van der Waals surface area contributed by atoms with Crippen molar-refractivity contribution >= 4 is 23.2 Å². The van der Waals surface area contributed by atoms with Crippen molar-refractivity contribution in [3.63, 3.8) is 0 Å². The first-order chi connectivity index (χ1) is 9.47. The lowest BCUT2D eigenvalue weighted by Gasteiger charge is -2.17. The van der Waals surface area contributed by atoms with Crippen LogP contribution in [0.5, 0.6) is 0 Å². The van der Waals surface area contributed by atoms with Crippen LogP contribution in [0.1, 0.15) is 25.8 Å². The first-order valence-electron chi connectivity index (χ1n) is 6.90. The molecule has 3 N–H and O–H groups in total. The molecule has 1 fully saturated rings. The van der Waals surface area contributed by atoms with Crippen molar-refractivity contribution < 1.29 is 9.59 Å². The highest BCUT2D eigenvalue weighted by Crippen LogP contribution is 2.22. The molecule has 2 rings (SSSR count). The van der Waals surface area contributed by atoms with Crippen molar-refractivity contribution in [2.75, 3.05) is 17.2 Å². The zero-order valence-electron chi connectivity index (χ0n) is 12.1. The van der Waals surface area contributed by atoms with Gasteiger partial charge in [-0.25, -0.2) is 0 Å². The molecular formula is C15H21N3O2. The predicted molar refractivity (Wildman–Crippen MR) is 79.7 cm³/mol. The van der Waals surface area contributed by atoms with Gasteiger partial charge in [0.05, 0.1) is 6.04 Å². The third kappa shape index (κ3) is 3.36. The summed E-state index contributed by atoms with van der Waals surface area (Å²) < 4.78 is 0. The number of carbonyl (C=O) groups is 2. The quantitative estimate of drug-likeness (QED) is 0.789. The van der Waals surface area contributed by atoms with E-state index in [4.69, 9.17) is 0 Å². The Hall–Kier alpha value is -1.88. The van der Waals surface area contributed by atoms with Crippen molar-refractivity contribution in [1.82, 2.24) is 5.32 Å². The number of benzene rings is 1. The fourth-order valence-electron chi connectivity index (χ4n) is 2.43. The SMILES string of the molecule is CC(=O)Nc1ccc(C)c(NC(=O)C2NCCC2C)c1. The van der Waals surface area contributed by atoms with E-state index in [1.165, 1.54) is 6.92 Å². The average Bonchev–Trinajstić information content (AvgIpc) is 2.79. The molecule has 0 radical (unpaired) electrons. The molecule has 0 aromatic heterocycles. The van der Waals surface area contributed by atoms with Gasteiger partial charge in [0.25, 0.3) is 0 Å². The van der Waals surface area contributed by atoms with Crippen molar-refractivity contribution in [1.29, 1.82) is 0 Å². The van der Waals surface area contributed by atoms with E-state index in [1.807, 2.05) is 19.1 Å². The molecule has 1 aromatic rings. The van der Waals surface area contributed by atoms with Crippen molar-refractivity contribution in [2.24, 2.45) is 5.92 Å². The van der Waals surface area contributed by atoms with E-state index < -0.39 is 0 Å². The fraction of sp³-hybridized carbons (Fsp3) is 0.467. The fourth-order valence-corrected chi connectivity index (χ4v) is 2.43. The largest absolute Gasteiger partial charge is 0.326 e. The minimum absolute atomic E-state index is 0.0157. The summed E-state index contributed by atoms with van der Waals surface area (Å²) in [6.45, 7) is 6.34. The molecule has 0 bridgehead atoms. The van der Waals surface area contributed by atoms with Gasteiger partial charge >= 0.3 is 0 Å². The van der Waals surface area contributed by atoms with Crippen molar-refractivity contribution in [3.05, 3.63) is 23.8 Å². The predicted octanol–water partition coefficient (Wildman–Crippen LogP) is 1.89.